The molecule has 1 heterocycles. The summed E-state index contributed by atoms with van der Waals surface area (Å²) in [4.78, 5) is 18.9. The van der Waals surface area contributed by atoms with Crippen LogP contribution in [0.5, 0.6) is 0 Å². The first-order chi connectivity index (χ1) is 10.8. The molecule has 0 aliphatic carbocycles. The van der Waals surface area contributed by atoms with Crippen LogP contribution in [-0.2, 0) is 4.57 Å². The predicted octanol–water partition coefficient (Wildman–Crippen LogP) is 4.54. The van der Waals surface area contributed by atoms with Crippen molar-refractivity contribution in [3.05, 3.63) is 47.5 Å². The van der Waals surface area contributed by atoms with Gasteiger partial charge < -0.3 is 14.4 Å². The minimum atomic E-state index is -4.08. The van der Waals surface area contributed by atoms with Crippen molar-refractivity contribution in [2.75, 3.05) is 6.16 Å². The second-order valence-corrected chi connectivity index (χ2v) is 8.02. The van der Waals surface area contributed by atoms with Crippen LogP contribution in [-0.4, -0.2) is 20.5 Å². The fourth-order valence-corrected chi connectivity index (χ4v) is 4.31. The molecule has 1 atom stereocenters. The lowest BCUT2D eigenvalue weighted by Gasteiger charge is -2.20. The van der Waals surface area contributed by atoms with E-state index in [0.717, 1.165) is 21.8 Å². The number of aryl methyl sites for hydroxylation is 2. The van der Waals surface area contributed by atoms with Crippen LogP contribution >= 0.6 is 7.60 Å². The van der Waals surface area contributed by atoms with E-state index in [9.17, 15) is 14.4 Å². The molecule has 4 nitrogen and oxygen atoms in total. The van der Waals surface area contributed by atoms with Crippen molar-refractivity contribution in [2.24, 2.45) is 0 Å². The molecule has 0 aliphatic rings. The van der Waals surface area contributed by atoms with Crippen LogP contribution in [0.4, 0.5) is 0 Å². The van der Waals surface area contributed by atoms with Gasteiger partial charge >= 0.3 is 7.60 Å². The van der Waals surface area contributed by atoms with Gasteiger partial charge in [0.1, 0.15) is 0 Å². The molecule has 1 aromatic heterocycles. The lowest BCUT2D eigenvalue weighted by molar-refractivity contribution is 0.360. The highest BCUT2D eigenvalue weighted by molar-refractivity contribution is 7.51. The lowest BCUT2D eigenvalue weighted by Crippen LogP contribution is -2.12. The Morgan fingerprint density at radius 1 is 1.00 bits per heavy atom. The second-order valence-electron chi connectivity index (χ2n) is 6.32. The first kappa shape index (κ1) is 16.3. The van der Waals surface area contributed by atoms with E-state index >= 15 is 0 Å². The summed E-state index contributed by atoms with van der Waals surface area (Å²) in [5.41, 5.74) is 4.44. The monoisotopic (exact) mass is 331 g/mol. The number of benzene rings is 2. The highest BCUT2D eigenvalue weighted by Crippen LogP contribution is 2.42. The Balaban J connectivity index is 2.35. The van der Waals surface area contributed by atoms with Gasteiger partial charge in [0.2, 0.25) is 0 Å². The van der Waals surface area contributed by atoms with Crippen molar-refractivity contribution in [2.45, 2.75) is 33.2 Å². The third-order valence-electron chi connectivity index (χ3n) is 4.40. The van der Waals surface area contributed by atoms with Gasteiger partial charge in [0.15, 0.2) is 0 Å². The number of aromatic nitrogens is 1. The molecule has 1 unspecified atom stereocenters. The molecule has 2 N–H and O–H groups in total. The molecule has 0 radical (unpaired) electrons. The molecule has 2 aromatic carbocycles. The van der Waals surface area contributed by atoms with Gasteiger partial charge in [-0.15, -0.1) is 0 Å². The van der Waals surface area contributed by atoms with Gasteiger partial charge in [-0.2, -0.15) is 0 Å². The summed E-state index contributed by atoms with van der Waals surface area (Å²) in [6.45, 7) is 6.09. The standard InChI is InChI=1S/C18H22NO3P/c1-4-14(11-23(20,21)22)19-17-7-5-12(2)9-15(17)16-10-13(3)6-8-18(16)19/h5-10,14H,4,11H2,1-3H3,(H2,20,21,22). The number of fused-ring (bicyclic) bond motifs is 3. The Morgan fingerprint density at radius 3 is 1.87 bits per heavy atom. The third-order valence-corrected chi connectivity index (χ3v) is 5.30. The van der Waals surface area contributed by atoms with Crippen LogP contribution in [0.1, 0.15) is 30.5 Å². The summed E-state index contributed by atoms with van der Waals surface area (Å²) >= 11 is 0. The van der Waals surface area contributed by atoms with Crippen LogP contribution in [0.3, 0.4) is 0 Å². The van der Waals surface area contributed by atoms with Gasteiger partial charge in [-0.3, -0.25) is 4.57 Å². The largest absolute Gasteiger partial charge is 0.337 e. The van der Waals surface area contributed by atoms with Crippen molar-refractivity contribution in [3.8, 4) is 0 Å². The lowest BCUT2D eigenvalue weighted by atomic mass is 10.1. The third kappa shape index (κ3) is 3.07. The van der Waals surface area contributed by atoms with E-state index < -0.39 is 7.60 Å². The summed E-state index contributed by atoms with van der Waals surface area (Å²) in [6, 6.07) is 12.3. The first-order valence-corrected chi connectivity index (χ1v) is 9.65. The summed E-state index contributed by atoms with van der Waals surface area (Å²) in [7, 11) is -4.08. The number of hydrogen-bond acceptors (Lipinski definition) is 1. The van der Waals surface area contributed by atoms with Gasteiger partial charge in [0.25, 0.3) is 0 Å². The van der Waals surface area contributed by atoms with Crippen LogP contribution in [0.25, 0.3) is 21.8 Å². The molecule has 0 saturated carbocycles. The second kappa shape index (κ2) is 5.79. The SMILES string of the molecule is CCC(CP(=O)(O)O)n1c2ccc(C)cc2c2cc(C)ccc21. The summed E-state index contributed by atoms with van der Waals surface area (Å²) in [5.74, 6) is 0. The highest BCUT2D eigenvalue weighted by atomic mass is 31.2. The molecule has 3 rings (SSSR count). The molecular weight excluding hydrogens is 309 g/mol. The number of rotatable bonds is 4. The van der Waals surface area contributed by atoms with E-state index in [1.165, 1.54) is 11.1 Å². The molecule has 3 aromatic rings. The van der Waals surface area contributed by atoms with Crippen LogP contribution in [0, 0.1) is 13.8 Å². The van der Waals surface area contributed by atoms with E-state index in [4.69, 9.17) is 0 Å². The fraction of sp³-hybridized carbons (Fsp3) is 0.333. The number of nitrogens with zero attached hydrogens (tertiary/aromatic N) is 1. The van der Waals surface area contributed by atoms with Crippen molar-refractivity contribution in [1.29, 1.82) is 0 Å². The molecule has 0 spiro atoms. The first-order valence-electron chi connectivity index (χ1n) is 7.85. The van der Waals surface area contributed by atoms with Crippen LogP contribution in [0.2, 0.25) is 0 Å². The quantitative estimate of drug-likeness (QED) is 0.690. The average molecular weight is 331 g/mol. The van der Waals surface area contributed by atoms with Gasteiger partial charge in [-0.25, -0.2) is 0 Å². The maximum absolute atomic E-state index is 11.6. The Labute approximate surface area is 135 Å². The maximum atomic E-state index is 11.6. The van der Waals surface area contributed by atoms with Crippen LogP contribution in [0.15, 0.2) is 36.4 Å². The van der Waals surface area contributed by atoms with E-state index in [1.807, 2.05) is 6.92 Å². The molecule has 0 aliphatic heterocycles. The van der Waals surface area contributed by atoms with E-state index in [-0.39, 0.29) is 12.2 Å². The Morgan fingerprint density at radius 2 is 1.48 bits per heavy atom. The Bertz CT molecular complexity index is 864. The van der Waals surface area contributed by atoms with Crippen molar-refractivity contribution >= 4 is 29.4 Å². The normalized spacial score (nSPS) is 13.8. The van der Waals surface area contributed by atoms with Gasteiger partial charge in [0.05, 0.1) is 6.16 Å². The topological polar surface area (TPSA) is 62.5 Å². The highest BCUT2D eigenvalue weighted by Gasteiger charge is 2.24. The van der Waals surface area contributed by atoms with Crippen molar-refractivity contribution in [1.82, 2.24) is 4.57 Å². The van der Waals surface area contributed by atoms with Gasteiger partial charge in [-0.05, 0) is 44.5 Å². The molecule has 0 bridgehead atoms. The molecule has 0 amide bonds. The van der Waals surface area contributed by atoms with Crippen LogP contribution < -0.4 is 0 Å². The molecular formula is C18H22NO3P. The van der Waals surface area contributed by atoms with Gasteiger partial charge in [0, 0.05) is 27.8 Å². The zero-order valence-corrected chi connectivity index (χ0v) is 14.5. The zero-order valence-electron chi connectivity index (χ0n) is 13.7. The van der Waals surface area contributed by atoms with Crippen molar-refractivity contribution in [3.63, 3.8) is 0 Å². The fourth-order valence-electron chi connectivity index (χ4n) is 3.34. The van der Waals surface area contributed by atoms with E-state index in [2.05, 4.69) is 54.8 Å². The summed E-state index contributed by atoms with van der Waals surface area (Å²) < 4.78 is 13.7. The summed E-state index contributed by atoms with van der Waals surface area (Å²) in [5, 5.41) is 2.29. The minimum Gasteiger partial charge on any atom is -0.337 e. The Hall–Kier alpha value is -1.61. The minimum absolute atomic E-state index is 0.135. The molecule has 122 valence electrons. The van der Waals surface area contributed by atoms with E-state index in [1.54, 1.807) is 0 Å². The predicted molar refractivity (Wildman–Crippen MR) is 95.2 cm³/mol. The Kier molecular flexibility index (Phi) is 4.09. The number of hydrogen-bond donors (Lipinski definition) is 2. The maximum Gasteiger partial charge on any atom is 0.327 e. The molecule has 0 saturated heterocycles. The van der Waals surface area contributed by atoms with Crippen molar-refractivity contribution < 1.29 is 14.4 Å². The summed E-state index contributed by atoms with van der Waals surface area (Å²) in [6.07, 6.45) is 0.538. The molecule has 23 heavy (non-hydrogen) atoms. The van der Waals surface area contributed by atoms with E-state index in [0.29, 0.717) is 6.42 Å². The average Bonchev–Trinajstić information content (AvgIpc) is 2.77. The van der Waals surface area contributed by atoms with Gasteiger partial charge in [-0.1, -0.05) is 30.2 Å². The molecule has 0 fully saturated rings. The zero-order chi connectivity index (χ0) is 16.8. The molecule has 5 heteroatoms. The smallest absolute Gasteiger partial charge is 0.327 e.